The van der Waals surface area contributed by atoms with E-state index >= 15 is 0 Å². The third-order valence-electron chi connectivity index (χ3n) is 4.61. The zero-order valence-corrected chi connectivity index (χ0v) is 15.7. The van der Waals surface area contributed by atoms with Gasteiger partial charge in [0.2, 0.25) is 15.9 Å². The Balaban J connectivity index is 2.23. The molecule has 0 saturated heterocycles. The van der Waals surface area contributed by atoms with Gasteiger partial charge in [-0.15, -0.1) is 0 Å². The van der Waals surface area contributed by atoms with Crippen molar-refractivity contribution in [2.24, 2.45) is 0 Å². The average Bonchev–Trinajstić information content (AvgIpc) is 2.81. The van der Waals surface area contributed by atoms with Crippen molar-refractivity contribution in [1.82, 2.24) is 5.32 Å². The van der Waals surface area contributed by atoms with Crippen LogP contribution in [0.15, 0.2) is 24.3 Å². The van der Waals surface area contributed by atoms with Crippen molar-refractivity contribution < 1.29 is 17.6 Å². The molecule has 0 bridgehead atoms. The molecule has 1 N–H and O–H groups in total. The van der Waals surface area contributed by atoms with Gasteiger partial charge < -0.3 is 5.32 Å². The molecule has 1 unspecified atom stereocenters. The summed E-state index contributed by atoms with van der Waals surface area (Å²) in [6, 6.07) is 4.42. The number of nitrogens with one attached hydrogen (secondary N) is 1. The Hall–Kier alpha value is -1.63. The van der Waals surface area contributed by atoms with Gasteiger partial charge in [-0.2, -0.15) is 0 Å². The van der Waals surface area contributed by atoms with E-state index < -0.39 is 21.9 Å². The Morgan fingerprint density at radius 3 is 2.24 bits per heavy atom. The quantitative estimate of drug-likeness (QED) is 0.782. The predicted molar refractivity (Wildman–Crippen MR) is 97.4 cm³/mol. The van der Waals surface area contributed by atoms with Crippen molar-refractivity contribution >= 4 is 21.6 Å². The van der Waals surface area contributed by atoms with Gasteiger partial charge >= 0.3 is 0 Å². The number of nitrogens with zero attached hydrogens (tertiary/aromatic N) is 1. The van der Waals surface area contributed by atoms with E-state index in [9.17, 15) is 17.6 Å². The van der Waals surface area contributed by atoms with Gasteiger partial charge in [0.25, 0.3) is 0 Å². The van der Waals surface area contributed by atoms with Gasteiger partial charge in [0.15, 0.2) is 0 Å². The van der Waals surface area contributed by atoms with Gasteiger partial charge in [0.05, 0.1) is 11.9 Å². The van der Waals surface area contributed by atoms with Crippen molar-refractivity contribution in [3.63, 3.8) is 0 Å². The summed E-state index contributed by atoms with van der Waals surface area (Å²) in [4.78, 5) is 12.8. The van der Waals surface area contributed by atoms with E-state index in [1.165, 1.54) is 37.1 Å². The van der Waals surface area contributed by atoms with Crippen LogP contribution in [0.1, 0.15) is 51.9 Å². The zero-order chi connectivity index (χ0) is 18.4. The molecule has 1 fully saturated rings. The summed E-state index contributed by atoms with van der Waals surface area (Å²) in [5, 5.41) is 3.02. The van der Waals surface area contributed by atoms with Crippen molar-refractivity contribution in [1.29, 1.82) is 0 Å². The molecule has 0 radical (unpaired) electrons. The lowest BCUT2D eigenvalue weighted by Gasteiger charge is -2.31. The molecule has 1 aromatic rings. The van der Waals surface area contributed by atoms with Gasteiger partial charge in [-0.25, -0.2) is 12.8 Å². The van der Waals surface area contributed by atoms with Crippen LogP contribution in [0.25, 0.3) is 0 Å². The van der Waals surface area contributed by atoms with Gasteiger partial charge in [-0.3, -0.25) is 9.10 Å². The molecular formula is C18H27FN2O3S. The number of carbonyl (C=O) groups excluding carboxylic acids is 1. The fourth-order valence-corrected chi connectivity index (χ4v) is 4.58. The van der Waals surface area contributed by atoms with Crippen LogP contribution in [-0.2, 0) is 14.8 Å². The number of sulfonamides is 1. The first-order valence-electron chi connectivity index (χ1n) is 8.88. The highest BCUT2D eigenvalue weighted by Crippen LogP contribution is 2.24. The monoisotopic (exact) mass is 370 g/mol. The normalized spacial score (nSPS) is 17.6. The number of halogens is 1. The van der Waals surface area contributed by atoms with Crippen LogP contribution < -0.4 is 9.62 Å². The van der Waals surface area contributed by atoms with Gasteiger partial charge in [-0.05, 0) is 43.5 Å². The molecule has 0 spiro atoms. The lowest BCUT2D eigenvalue weighted by atomic mass is 10.1. The molecule has 2 rings (SSSR count). The molecule has 7 heteroatoms. The maximum atomic E-state index is 13.2. The first-order chi connectivity index (χ1) is 11.8. The minimum atomic E-state index is -3.69. The molecule has 1 atom stereocenters. The molecule has 25 heavy (non-hydrogen) atoms. The SMILES string of the molecule is CCC(C(=O)NC1CCCCCC1)N(c1ccc(F)cc1)S(C)(=O)=O. The number of hydrogen-bond donors (Lipinski definition) is 1. The van der Waals surface area contributed by atoms with Crippen molar-refractivity contribution in [3.05, 3.63) is 30.1 Å². The predicted octanol–water partition coefficient (Wildman–Crippen LogP) is 3.21. The number of rotatable bonds is 6. The van der Waals surface area contributed by atoms with Crippen LogP contribution in [0.3, 0.4) is 0 Å². The Kier molecular flexibility index (Phi) is 6.81. The number of anilines is 1. The molecule has 1 aliphatic rings. The average molecular weight is 370 g/mol. The first-order valence-corrected chi connectivity index (χ1v) is 10.7. The van der Waals surface area contributed by atoms with E-state index in [-0.39, 0.29) is 11.9 Å². The second kappa shape index (κ2) is 8.65. The lowest BCUT2D eigenvalue weighted by molar-refractivity contribution is -0.123. The van der Waals surface area contributed by atoms with Crippen LogP contribution in [0.4, 0.5) is 10.1 Å². The standard InChI is InChI=1S/C18H27FN2O3S/c1-3-17(18(22)20-15-8-6-4-5-7-9-15)21(25(2,23)24)16-12-10-14(19)11-13-16/h10-13,15,17H,3-9H2,1-2H3,(H,20,22). The summed E-state index contributed by atoms with van der Waals surface area (Å²) in [7, 11) is -3.69. The molecular weight excluding hydrogens is 343 g/mol. The van der Waals surface area contributed by atoms with E-state index in [1.807, 2.05) is 0 Å². The molecule has 0 heterocycles. The maximum Gasteiger partial charge on any atom is 0.244 e. The Morgan fingerprint density at radius 2 is 1.76 bits per heavy atom. The summed E-state index contributed by atoms with van der Waals surface area (Å²) in [6.45, 7) is 1.78. The van der Waals surface area contributed by atoms with E-state index in [4.69, 9.17) is 0 Å². The van der Waals surface area contributed by atoms with Gasteiger partial charge in [0.1, 0.15) is 11.9 Å². The Labute approximate surface area is 149 Å². The maximum absolute atomic E-state index is 13.2. The zero-order valence-electron chi connectivity index (χ0n) is 14.9. The lowest BCUT2D eigenvalue weighted by Crippen LogP contribution is -2.51. The summed E-state index contributed by atoms with van der Waals surface area (Å²) < 4.78 is 38.9. The topological polar surface area (TPSA) is 66.5 Å². The van der Waals surface area contributed by atoms with Crippen LogP contribution in [-0.4, -0.2) is 32.7 Å². The summed E-state index contributed by atoms with van der Waals surface area (Å²) in [5.74, 6) is -0.739. The smallest absolute Gasteiger partial charge is 0.244 e. The van der Waals surface area contributed by atoms with Gasteiger partial charge in [-0.1, -0.05) is 32.6 Å². The number of hydrogen-bond acceptors (Lipinski definition) is 3. The van der Waals surface area contributed by atoms with Crippen LogP contribution in [0.2, 0.25) is 0 Å². The molecule has 1 amide bonds. The fourth-order valence-electron chi connectivity index (χ4n) is 3.37. The molecule has 5 nitrogen and oxygen atoms in total. The Bertz CT molecular complexity index is 668. The van der Waals surface area contributed by atoms with Crippen molar-refractivity contribution in [2.75, 3.05) is 10.6 Å². The highest BCUT2D eigenvalue weighted by molar-refractivity contribution is 7.92. The summed E-state index contributed by atoms with van der Waals surface area (Å²) in [6.07, 6.45) is 7.77. The molecule has 1 aromatic carbocycles. The van der Waals surface area contributed by atoms with Crippen molar-refractivity contribution in [2.45, 2.75) is 64.0 Å². The first kappa shape index (κ1) is 19.7. The highest BCUT2D eigenvalue weighted by atomic mass is 32.2. The number of amides is 1. The number of benzene rings is 1. The second-order valence-corrected chi connectivity index (χ2v) is 8.52. The minimum Gasteiger partial charge on any atom is -0.352 e. The molecule has 1 aliphatic carbocycles. The van der Waals surface area contributed by atoms with E-state index in [1.54, 1.807) is 6.92 Å². The molecule has 0 aromatic heterocycles. The van der Waals surface area contributed by atoms with Crippen molar-refractivity contribution in [3.8, 4) is 0 Å². The second-order valence-electron chi connectivity index (χ2n) is 6.66. The molecule has 140 valence electrons. The van der Waals surface area contributed by atoms with Crippen LogP contribution in [0, 0.1) is 5.82 Å². The largest absolute Gasteiger partial charge is 0.352 e. The van der Waals surface area contributed by atoms with Crippen LogP contribution in [0.5, 0.6) is 0 Å². The third-order valence-corrected chi connectivity index (χ3v) is 5.79. The van der Waals surface area contributed by atoms with Crippen LogP contribution >= 0.6 is 0 Å². The summed E-state index contributed by atoms with van der Waals surface area (Å²) >= 11 is 0. The van der Waals surface area contributed by atoms with E-state index in [0.717, 1.165) is 36.2 Å². The minimum absolute atomic E-state index is 0.0960. The fraction of sp³-hybridized carbons (Fsp3) is 0.611. The summed E-state index contributed by atoms with van der Waals surface area (Å²) in [5.41, 5.74) is 0.298. The Morgan fingerprint density at radius 1 is 1.20 bits per heavy atom. The highest BCUT2D eigenvalue weighted by Gasteiger charge is 2.32. The molecule has 1 saturated carbocycles. The van der Waals surface area contributed by atoms with Gasteiger partial charge in [0, 0.05) is 6.04 Å². The van der Waals surface area contributed by atoms with E-state index in [0.29, 0.717) is 12.1 Å². The number of carbonyl (C=O) groups is 1. The third kappa shape index (κ3) is 5.42. The van der Waals surface area contributed by atoms with E-state index in [2.05, 4.69) is 5.32 Å². The molecule has 0 aliphatic heterocycles.